The van der Waals surface area contributed by atoms with Gasteiger partial charge in [-0.05, 0) is 25.8 Å². The minimum atomic E-state index is -0.563. The number of thiophene rings is 1. The van der Waals surface area contributed by atoms with E-state index in [4.69, 9.17) is 10.3 Å². The van der Waals surface area contributed by atoms with Crippen LogP contribution < -0.4 is 11.1 Å². The van der Waals surface area contributed by atoms with Gasteiger partial charge in [0.25, 0.3) is 11.8 Å². The van der Waals surface area contributed by atoms with Gasteiger partial charge >= 0.3 is 0 Å². The van der Waals surface area contributed by atoms with Gasteiger partial charge in [-0.3, -0.25) is 9.59 Å². The van der Waals surface area contributed by atoms with Crippen LogP contribution in [-0.2, 0) is 0 Å². The Morgan fingerprint density at radius 2 is 2.05 bits per heavy atom. The third-order valence-corrected chi connectivity index (χ3v) is 4.42. The van der Waals surface area contributed by atoms with Crippen LogP contribution >= 0.6 is 11.3 Å². The number of aromatic nitrogens is 1. The number of nitrogens with zero attached hydrogens (tertiary/aromatic N) is 1. The first-order valence-electron chi connectivity index (χ1n) is 6.49. The minimum absolute atomic E-state index is 0.248. The lowest BCUT2D eigenvalue weighted by molar-refractivity contribution is 0.100. The van der Waals surface area contributed by atoms with Gasteiger partial charge in [0.05, 0.1) is 11.3 Å². The van der Waals surface area contributed by atoms with E-state index < -0.39 is 5.91 Å². The first-order chi connectivity index (χ1) is 9.81. The third kappa shape index (κ3) is 2.97. The normalized spacial score (nSPS) is 10.9. The van der Waals surface area contributed by atoms with E-state index in [0.717, 1.165) is 4.88 Å². The molecule has 0 radical (unpaired) electrons. The van der Waals surface area contributed by atoms with Crippen molar-refractivity contribution in [1.82, 2.24) is 5.16 Å². The Hall–Kier alpha value is -2.15. The van der Waals surface area contributed by atoms with E-state index in [0.29, 0.717) is 27.6 Å². The maximum Gasteiger partial charge on any atom is 0.261 e. The zero-order valence-electron chi connectivity index (χ0n) is 12.3. The van der Waals surface area contributed by atoms with Gasteiger partial charge in [-0.25, -0.2) is 0 Å². The van der Waals surface area contributed by atoms with E-state index in [1.54, 1.807) is 19.9 Å². The molecule has 0 saturated carbocycles. The molecule has 0 aliphatic rings. The van der Waals surface area contributed by atoms with Gasteiger partial charge in [-0.2, -0.15) is 0 Å². The number of carbonyl (C=O) groups is 2. The van der Waals surface area contributed by atoms with Gasteiger partial charge in [0, 0.05) is 4.88 Å². The molecule has 7 heteroatoms. The lowest BCUT2D eigenvalue weighted by Crippen LogP contribution is -2.17. The number of rotatable bonds is 4. The Labute approximate surface area is 126 Å². The highest BCUT2D eigenvalue weighted by Crippen LogP contribution is 2.33. The molecular weight excluding hydrogens is 290 g/mol. The molecule has 2 aromatic heterocycles. The van der Waals surface area contributed by atoms with Crippen molar-refractivity contribution in [3.63, 3.8) is 0 Å². The maximum absolute atomic E-state index is 12.3. The zero-order chi connectivity index (χ0) is 15.7. The number of amides is 2. The minimum Gasteiger partial charge on any atom is -0.366 e. The van der Waals surface area contributed by atoms with Gasteiger partial charge in [0.2, 0.25) is 0 Å². The van der Waals surface area contributed by atoms with Crippen molar-refractivity contribution in [2.45, 2.75) is 33.6 Å². The molecule has 0 unspecified atom stereocenters. The number of carbonyl (C=O) groups excluding carboxylic acids is 2. The molecular formula is C14H17N3O3S. The first-order valence-corrected chi connectivity index (χ1v) is 7.30. The first kappa shape index (κ1) is 15.2. The molecule has 3 N–H and O–H groups in total. The Morgan fingerprint density at radius 1 is 1.38 bits per heavy atom. The number of aryl methyl sites for hydroxylation is 2. The van der Waals surface area contributed by atoms with Crippen molar-refractivity contribution in [2.24, 2.45) is 5.73 Å². The molecule has 0 bridgehead atoms. The SMILES string of the molecule is Cc1noc(C)c1C(=O)Nc1sc(C(C)C)cc1C(N)=O. The molecule has 0 aromatic carbocycles. The topological polar surface area (TPSA) is 98.2 Å². The Balaban J connectivity index is 2.35. The third-order valence-electron chi connectivity index (χ3n) is 3.07. The fraction of sp³-hybridized carbons (Fsp3) is 0.357. The highest BCUT2D eigenvalue weighted by Gasteiger charge is 2.22. The van der Waals surface area contributed by atoms with Crippen molar-refractivity contribution < 1.29 is 14.1 Å². The lowest BCUT2D eigenvalue weighted by Gasteiger charge is -2.04. The monoisotopic (exact) mass is 307 g/mol. The predicted octanol–water partition coefficient (Wildman–Crippen LogP) is 2.83. The van der Waals surface area contributed by atoms with Crippen molar-refractivity contribution in [1.29, 1.82) is 0 Å². The van der Waals surface area contributed by atoms with E-state index in [9.17, 15) is 9.59 Å². The molecule has 21 heavy (non-hydrogen) atoms. The largest absolute Gasteiger partial charge is 0.366 e. The summed E-state index contributed by atoms with van der Waals surface area (Å²) in [6.07, 6.45) is 0. The van der Waals surface area contributed by atoms with E-state index in [2.05, 4.69) is 10.5 Å². The van der Waals surface area contributed by atoms with Crippen molar-refractivity contribution in [2.75, 3.05) is 5.32 Å². The van der Waals surface area contributed by atoms with Crippen molar-refractivity contribution in [3.05, 3.63) is 33.5 Å². The quantitative estimate of drug-likeness (QED) is 0.907. The van der Waals surface area contributed by atoms with Crippen molar-refractivity contribution >= 4 is 28.2 Å². The number of hydrogen-bond donors (Lipinski definition) is 2. The summed E-state index contributed by atoms with van der Waals surface area (Å²) in [6.45, 7) is 7.37. The van der Waals surface area contributed by atoms with Gasteiger partial charge < -0.3 is 15.6 Å². The molecule has 2 amide bonds. The van der Waals surface area contributed by atoms with Gasteiger partial charge in [-0.1, -0.05) is 19.0 Å². The lowest BCUT2D eigenvalue weighted by atomic mass is 10.1. The van der Waals surface area contributed by atoms with Crippen LogP contribution in [0.3, 0.4) is 0 Å². The Morgan fingerprint density at radius 3 is 2.52 bits per heavy atom. The molecule has 112 valence electrons. The number of nitrogens with two attached hydrogens (primary N) is 1. The maximum atomic E-state index is 12.3. The number of primary amides is 1. The van der Waals surface area contributed by atoms with Gasteiger partial charge in [0.15, 0.2) is 0 Å². The second-order valence-corrected chi connectivity index (χ2v) is 6.15. The standard InChI is InChI=1S/C14H17N3O3S/c1-6(2)10-5-9(12(15)18)14(21-10)16-13(19)11-7(3)17-20-8(11)4/h5-6H,1-4H3,(H2,15,18)(H,16,19). The average Bonchev–Trinajstić information content (AvgIpc) is 2.93. The number of nitrogens with one attached hydrogen (secondary N) is 1. The van der Waals surface area contributed by atoms with E-state index in [1.165, 1.54) is 11.3 Å². The molecule has 6 nitrogen and oxygen atoms in total. The van der Waals surface area contributed by atoms with Crippen LogP contribution in [0.25, 0.3) is 0 Å². The molecule has 2 heterocycles. The highest BCUT2D eigenvalue weighted by molar-refractivity contribution is 7.16. The van der Waals surface area contributed by atoms with Crippen LogP contribution in [0.4, 0.5) is 5.00 Å². The Bertz CT molecular complexity index is 681. The molecule has 0 spiro atoms. The fourth-order valence-electron chi connectivity index (χ4n) is 1.94. The summed E-state index contributed by atoms with van der Waals surface area (Å²) in [5.74, 6) is -0.234. The molecule has 2 aromatic rings. The van der Waals surface area contributed by atoms with E-state index >= 15 is 0 Å². The summed E-state index contributed by atoms with van der Waals surface area (Å²) in [6, 6.07) is 1.72. The summed E-state index contributed by atoms with van der Waals surface area (Å²) >= 11 is 1.35. The van der Waals surface area contributed by atoms with Crippen LogP contribution in [0.5, 0.6) is 0 Å². The fourth-order valence-corrected chi connectivity index (χ4v) is 3.00. The van der Waals surface area contributed by atoms with Gasteiger partial charge in [-0.15, -0.1) is 11.3 Å². The smallest absolute Gasteiger partial charge is 0.261 e. The second-order valence-electron chi connectivity index (χ2n) is 5.06. The number of hydrogen-bond acceptors (Lipinski definition) is 5. The molecule has 0 atom stereocenters. The molecule has 0 saturated heterocycles. The summed E-state index contributed by atoms with van der Waals surface area (Å²) in [4.78, 5) is 24.8. The zero-order valence-corrected chi connectivity index (χ0v) is 13.1. The van der Waals surface area contributed by atoms with Crippen LogP contribution in [-0.4, -0.2) is 17.0 Å². The predicted molar refractivity (Wildman–Crippen MR) is 80.9 cm³/mol. The number of anilines is 1. The average molecular weight is 307 g/mol. The Kier molecular flexibility index (Phi) is 4.13. The summed E-state index contributed by atoms with van der Waals surface area (Å²) in [5, 5.41) is 6.93. The highest BCUT2D eigenvalue weighted by atomic mass is 32.1. The van der Waals surface area contributed by atoms with Gasteiger partial charge in [0.1, 0.15) is 16.3 Å². The van der Waals surface area contributed by atoms with E-state index in [1.807, 2.05) is 13.8 Å². The van der Waals surface area contributed by atoms with Crippen molar-refractivity contribution in [3.8, 4) is 0 Å². The van der Waals surface area contributed by atoms with Crippen LogP contribution in [0.2, 0.25) is 0 Å². The van der Waals surface area contributed by atoms with Crippen LogP contribution in [0.1, 0.15) is 56.8 Å². The molecule has 2 rings (SSSR count). The summed E-state index contributed by atoms with van der Waals surface area (Å²) in [5.41, 5.74) is 6.58. The molecule has 0 aliphatic carbocycles. The van der Waals surface area contributed by atoms with Crippen LogP contribution in [0.15, 0.2) is 10.6 Å². The molecule has 0 fully saturated rings. The van der Waals surface area contributed by atoms with Crippen LogP contribution in [0, 0.1) is 13.8 Å². The summed E-state index contributed by atoms with van der Waals surface area (Å²) < 4.78 is 4.98. The van der Waals surface area contributed by atoms with E-state index in [-0.39, 0.29) is 11.8 Å². The molecule has 0 aliphatic heterocycles. The summed E-state index contributed by atoms with van der Waals surface area (Å²) in [7, 11) is 0. The second kappa shape index (κ2) is 5.69.